The van der Waals surface area contributed by atoms with Crippen LogP contribution in [0.25, 0.3) is 10.2 Å². The molecular formula is C21H17N3O4S2. The fourth-order valence-electron chi connectivity index (χ4n) is 3.53. The van der Waals surface area contributed by atoms with Crippen LogP contribution in [0.3, 0.4) is 0 Å². The van der Waals surface area contributed by atoms with Crippen molar-refractivity contribution >= 4 is 43.9 Å². The molecule has 4 aromatic rings. The molecule has 0 spiro atoms. The Balaban J connectivity index is 1.73. The van der Waals surface area contributed by atoms with Crippen molar-refractivity contribution in [1.82, 2.24) is 4.57 Å². The third-order valence-electron chi connectivity index (χ3n) is 4.92. The molecular weight excluding hydrogens is 422 g/mol. The number of para-hydroxylation sites is 1. The summed E-state index contributed by atoms with van der Waals surface area (Å²) in [5.41, 5.74) is 1.41. The third-order valence-corrected chi connectivity index (χ3v) is 7.21. The number of fused-ring (bicyclic) bond motifs is 2. The first kappa shape index (κ1) is 18.9. The number of benzene rings is 2. The van der Waals surface area contributed by atoms with Gasteiger partial charge in [0.15, 0.2) is 11.6 Å². The molecule has 4 N–H and O–H groups in total. The second kappa shape index (κ2) is 6.99. The van der Waals surface area contributed by atoms with Crippen molar-refractivity contribution in [1.29, 1.82) is 0 Å². The SMILES string of the molecule is O=c1c(C2=NS(O)(O)c3ccccc3N2)c(O)c2sccc2n1Cc1ccccc1. The van der Waals surface area contributed by atoms with Gasteiger partial charge in [-0.2, -0.15) is 0 Å². The summed E-state index contributed by atoms with van der Waals surface area (Å²) in [6, 6.07) is 18.0. The van der Waals surface area contributed by atoms with E-state index in [4.69, 9.17) is 0 Å². The number of rotatable bonds is 3. The second-order valence-corrected chi connectivity index (χ2v) is 9.39. The number of aromatic nitrogens is 1. The number of nitrogens with one attached hydrogen (secondary N) is 1. The van der Waals surface area contributed by atoms with E-state index in [1.807, 2.05) is 30.3 Å². The summed E-state index contributed by atoms with van der Waals surface area (Å²) in [6.45, 7) is 0.306. The molecule has 2 aromatic carbocycles. The van der Waals surface area contributed by atoms with E-state index < -0.39 is 16.3 Å². The standard InChI is InChI=1S/C21H17N3O4S2/c25-18-17(20-22-14-8-4-5-9-16(14)30(27,28)23-20)21(26)24(15-10-11-29-19(15)18)12-13-6-2-1-3-7-13/h1-11,25,27-28H,12H2,(H,22,23). The first-order chi connectivity index (χ1) is 14.5. The highest BCUT2D eigenvalue weighted by atomic mass is 32.3. The molecule has 1 aliphatic rings. The van der Waals surface area contributed by atoms with E-state index in [0.717, 1.165) is 5.56 Å². The van der Waals surface area contributed by atoms with Gasteiger partial charge in [0, 0.05) is 0 Å². The summed E-state index contributed by atoms with van der Waals surface area (Å²) in [4.78, 5) is 13.7. The Kier molecular flexibility index (Phi) is 4.40. The Morgan fingerprint density at radius 3 is 2.57 bits per heavy atom. The molecule has 5 rings (SSSR count). The van der Waals surface area contributed by atoms with Gasteiger partial charge in [0.2, 0.25) is 0 Å². The Morgan fingerprint density at radius 1 is 1.03 bits per heavy atom. The molecule has 0 unspecified atom stereocenters. The lowest BCUT2D eigenvalue weighted by Crippen LogP contribution is -2.32. The predicted molar refractivity (Wildman–Crippen MR) is 121 cm³/mol. The van der Waals surface area contributed by atoms with Gasteiger partial charge in [-0.1, -0.05) is 53.2 Å². The number of nitrogens with zero attached hydrogens (tertiary/aromatic N) is 2. The molecule has 152 valence electrons. The Hall–Kier alpha value is -3.11. The molecule has 0 saturated carbocycles. The molecule has 0 saturated heterocycles. The predicted octanol–water partition coefficient (Wildman–Crippen LogP) is 4.71. The van der Waals surface area contributed by atoms with Gasteiger partial charge in [-0.05, 0) is 29.1 Å². The van der Waals surface area contributed by atoms with E-state index in [1.54, 1.807) is 40.3 Å². The van der Waals surface area contributed by atoms with Crippen molar-refractivity contribution in [2.45, 2.75) is 11.4 Å². The van der Waals surface area contributed by atoms with Gasteiger partial charge in [-0.25, -0.2) is 0 Å². The van der Waals surface area contributed by atoms with Crippen LogP contribution in [0.5, 0.6) is 5.75 Å². The number of aromatic hydroxyl groups is 1. The number of thiophene rings is 1. The molecule has 7 nitrogen and oxygen atoms in total. The van der Waals surface area contributed by atoms with Crippen LogP contribution in [0.1, 0.15) is 11.1 Å². The maximum Gasteiger partial charge on any atom is 0.266 e. The molecule has 9 heteroatoms. The van der Waals surface area contributed by atoms with E-state index in [0.29, 0.717) is 22.4 Å². The summed E-state index contributed by atoms with van der Waals surface area (Å²) in [5.74, 6) is -0.288. The number of hydrogen-bond acceptors (Lipinski definition) is 7. The van der Waals surface area contributed by atoms with E-state index in [-0.39, 0.29) is 22.0 Å². The lowest BCUT2D eigenvalue weighted by atomic mass is 10.1. The molecule has 0 amide bonds. The molecule has 1 aliphatic heterocycles. The van der Waals surface area contributed by atoms with E-state index in [2.05, 4.69) is 9.71 Å². The van der Waals surface area contributed by atoms with Crippen molar-refractivity contribution in [3.05, 3.63) is 87.5 Å². The normalized spacial score (nSPS) is 15.9. The zero-order chi connectivity index (χ0) is 20.9. The van der Waals surface area contributed by atoms with E-state index >= 15 is 0 Å². The number of pyridine rings is 1. The van der Waals surface area contributed by atoms with Crippen molar-refractivity contribution in [2.75, 3.05) is 5.32 Å². The minimum Gasteiger partial charge on any atom is -0.505 e. The molecule has 2 aromatic heterocycles. The van der Waals surface area contributed by atoms with Crippen LogP contribution < -0.4 is 10.9 Å². The monoisotopic (exact) mass is 439 g/mol. The highest BCUT2D eigenvalue weighted by Gasteiger charge is 2.30. The molecule has 3 heterocycles. The van der Waals surface area contributed by atoms with Crippen LogP contribution in [0.4, 0.5) is 5.69 Å². The van der Waals surface area contributed by atoms with Gasteiger partial charge in [-0.3, -0.25) is 13.9 Å². The molecule has 0 bridgehead atoms. The largest absolute Gasteiger partial charge is 0.505 e. The van der Waals surface area contributed by atoms with Gasteiger partial charge in [-0.15, -0.1) is 15.7 Å². The molecule has 0 fully saturated rings. The minimum absolute atomic E-state index is 0.0617. The number of anilines is 1. The van der Waals surface area contributed by atoms with Crippen molar-refractivity contribution in [2.24, 2.45) is 4.40 Å². The summed E-state index contributed by atoms with van der Waals surface area (Å²) >= 11 is 1.30. The van der Waals surface area contributed by atoms with Gasteiger partial charge in [0.05, 0.1) is 22.4 Å². The molecule has 0 radical (unpaired) electrons. The fourth-order valence-corrected chi connectivity index (χ4v) is 5.54. The van der Waals surface area contributed by atoms with Crippen molar-refractivity contribution in [3.8, 4) is 5.75 Å². The van der Waals surface area contributed by atoms with Gasteiger partial charge in [0.1, 0.15) is 10.5 Å². The maximum absolute atomic E-state index is 13.5. The topological polar surface area (TPSA) is 107 Å². The lowest BCUT2D eigenvalue weighted by molar-refractivity contribution is 0.478. The first-order valence-electron chi connectivity index (χ1n) is 9.07. The second-order valence-electron chi connectivity index (χ2n) is 6.82. The Bertz CT molecular complexity index is 1360. The first-order valence-corrected chi connectivity index (χ1v) is 11.5. The highest BCUT2D eigenvalue weighted by Crippen LogP contribution is 2.55. The maximum atomic E-state index is 13.5. The Morgan fingerprint density at radius 2 is 1.77 bits per heavy atom. The van der Waals surface area contributed by atoms with Crippen LogP contribution in [0.15, 0.2) is 80.1 Å². The van der Waals surface area contributed by atoms with Crippen LogP contribution in [0, 0.1) is 0 Å². The van der Waals surface area contributed by atoms with Crippen LogP contribution in [0.2, 0.25) is 0 Å². The van der Waals surface area contributed by atoms with E-state index in [1.165, 1.54) is 11.3 Å². The summed E-state index contributed by atoms with van der Waals surface area (Å²) in [7, 11) is -3.51. The fraction of sp³-hybridized carbons (Fsp3) is 0.0476. The average molecular weight is 440 g/mol. The zero-order valence-corrected chi connectivity index (χ0v) is 17.2. The van der Waals surface area contributed by atoms with Gasteiger partial charge in [0.25, 0.3) is 5.56 Å². The lowest BCUT2D eigenvalue weighted by Gasteiger charge is -2.34. The molecule has 0 aliphatic carbocycles. The summed E-state index contributed by atoms with van der Waals surface area (Å²) in [6.07, 6.45) is 0. The smallest absolute Gasteiger partial charge is 0.266 e. The molecule has 0 atom stereocenters. The van der Waals surface area contributed by atoms with Gasteiger partial charge < -0.3 is 15.0 Å². The third kappa shape index (κ3) is 2.99. The van der Waals surface area contributed by atoms with Gasteiger partial charge >= 0.3 is 0 Å². The number of amidine groups is 1. The van der Waals surface area contributed by atoms with Crippen molar-refractivity contribution < 1.29 is 14.2 Å². The van der Waals surface area contributed by atoms with Crippen molar-refractivity contribution in [3.63, 3.8) is 0 Å². The Labute approximate surface area is 177 Å². The highest BCUT2D eigenvalue weighted by molar-refractivity contribution is 8.23. The quantitative estimate of drug-likeness (QED) is 0.370. The molecule has 30 heavy (non-hydrogen) atoms. The van der Waals surface area contributed by atoms with Crippen LogP contribution >= 0.6 is 22.1 Å². The zero-order valence-electron chi connectivity index (χ0n) is 15.5. The van der Waals surface area contributed by atoms with Crippen LogP contribution in [-0.4, -0.2) is 24.6 Å². The average Bonchev–Trinajstić information content (AvgIpc) is 3.22. The number of hydrogen-bond donors (Lipinski definition) is 4. The summed E-state index contributed by atoms with van der Waals surface area (Å²) < 4.78 is 27.2. The summed E-state index contributed by atoms with van der Waals surface area (Å²) in [5, 5.41) is 15.7. The van der Waals surface area contributed by atoms with E-state index in [9.17, 15) is 19.0 Å². The minimum atomic E-state index is -3.51. The van der Waals surface area contributed by atoms with Crippen LogP contribution in [-0.2, 0) is 6.54 Å².